The van der Waals surface area contributed by atoms with Crippen molar-refractivity contribution < 1.29 is 17.7 Å². The molecule has 9 heteroatoms. The first kappa shape index (κ1) is 23.0. The van der Waals surface area contributed by atoms with Gasteiger partial charge in [-0.05, 0) is 38.0 Å². The van der Waals surface area contributed by atoms with Crippen molar-refractivity contribution in [3.05, 3.63) is 59.9 Å². The molecule has 0 spiro atoms. The first-order valence-electron chi connectivity index (χ1n) is 10.9. The lowest BCUT2D eigenvalue weighted by Gasteiger charge is -2.26. The monoisotopic (exact) mass is 468 g/mol. The summed E-state index contributed by atoms with van der Waals surface area (Å²) in [6.07, 6.45) is 2.75. The van der Waals surface area contributed by atoms with Crippen molar-refractivity contribution in [2.24, 2.45) is 0 Å². The van der Waals surface area contributed by atoms with Gasteiger partial charge < -0.3 is 14.7 Å². The van der Waals surface area contributed by atoms with E-state index < -0.39 is 15.9 Å². The zero-order chi connectivity index (χ0) is 23.6. The maximum Gasteiger partial charge on any atom is 0.294 e. The van der Waals surface area contributed by atoms with E-state index >= 15 is 0 Å². The van der Waals surface area contributed by atoms with Gasteiger partial charge in [-0.3, -0.25) is 4.79 Å². The molecule has 33 heavy (non-hydrogen) atoms. The maximum absolute atomic E-state index is 13.1. The van der Waals surface area contributed by atoms with Crippen LogP contribution < -0.4 is 10.2 Å². The number of rotatable bonds is 6. The van der Waals surface area contributed by atoms with Gasteiger partial charge in [0, 0.05) is 38.8 Å². The van der Waals surface area contributed by atoms with Crippen LogP contribution in [0.5, 0.6) is 0 Å². The molecule has 4 rings (SSSR count). The third-order valence-electron chi connectivity index (χ3n) is 5.73. The van der Waals surface area contributed by atoms with Crippen molar-refractivity contribution in [2.75, 3.05) is 37.4 Å². The van der Waals surface area contributed by atoms with Gasteiger partial charge in [-0.2, -0.15) is 4.31 Å². The number of benzene rings is 2. The first-order chi connectivity index (χ1) is 15.8. The molecule has 1 amide bonds. The number of sulfonamides is 1. The van der Waals surface area contributed by atoms with E-state index in [-0.39, 0.29) is 10.7 Å². The highest BCUT2D eigenvalue weighted by Gasteiger charge is 2.27. The normalized spacial score (nSPS) is 14.8. The number of aromatic nitrogens is 1. The molecule has 3 aromatic rings. The molecular weight excluding hydrogens is 440 g/mol. The van der Waals surface area contributed by atoms with E-state index in [0.29, 0.717) is 30.2 Å². The predicted molar refractivity (Wildman–Crippen MR) is 128 cm³/mol. The second kappa shape index (κ2) is 9.36. The van der Waals surface area contributed by atoms with E-state index in [4.69, 9.17) is 4.52 Å². The van der Waals surface area contributed by atoms with Crippen molar-refractivity contribution in [2.45, 2.75) is 31.1 Å². The van der Waals surface area contributed by atoms with Crippen molar-refractivity contribution in [3.63, 3.8) is 0 Å². The minimum absolute atomic E-state index is 0.0413. The molecule has 2 heterocycles. The second-order valence-corrected chi connectivity index (χ2v) is 10.4. The Labute approximate surface area is 194 Å². The molecule has 0 atom stereocenters. The highest BCUT2D eigenvalue weighted by atomic mass is 32.2. The number of aryl methyl sites for hydroxylation is 1. The molecule has 0 saturated carbocycles. The first-order valence-corrected chi connectivity index (χ1v) is 12.4. The fraction of sp³-hybridized carbons (Fsp3) is 0.333. The van der Waals surface area contributed by atoms with Crippen LogP contribution in [0.1, 0.15) is 35.4 Å². The molecule has 1 aromatic heterocycles. The molecule has 1 saturated heterocycles. The summed E-state index contributed by atoms with van der Waals surface area (Å²) < 4.78 is 33.0. The predicted octanol–water partition coefficient (Wildman–Crippen LogP) is 4.14. The van der Waals surface area contributed by atoms with Crippen LogP contribution in [0.4, 0.5) is 11.4 Å². The Morgan fingerprint density at radius 3 is 2.39 bits per heavy atom. The SMILES string of the molecule is Cc1ccc(-c2cc(C(=O)Nc3cc(S(=O)(=O)N4CCCCC4)ccc3N(C)C)on2)cc1. The fourth-order valence-electron chi connectivity index (χ4n) is 3.85. The van der Waals surface area contributed by atoms with E-state index in [1.807, 2.05) is 50.2 Å². The Balaban J connectivity index is 1.60. The number of nitrogens with zero attached hydrogens (tertiary/aromatic N) is 3. The highest BCUT2D eigenvalue weighted by Crippen LogP contribution is 2.31. The lowest BCUT2D eigenvalue weighted by Crippen LogP contribution is -2.35. The molecule has 1 fully saturated rings. The third kappa shape index (κ3) is 4.94. The molecule has 1 N–H and O–H groups in total. The molecule has 0 radical (unpaired) electrons. The molecule has 0 bridgehead atoms. The zero-order valence-corrected chi connectivity index (χ0v) is 19.9. The second-order valence-electron chi connectivity index (χ2n) is 8.43. The van der Waals surface area contributed by atoms with Crippen LogP contribution in [0.2, 0.25) is 0 Å². The number of hydrogen-bond acceptors (Lipinski definition) is 6. The van der Waals surface area contributed by atoms with Gasteiger partial charge >= 0.3 is 0 Å². The Bertz CT molecular complexity index is 1240. The quantitative estimate of drug-likeness (QED) is 0.584. The van der Waals surface area contributed by atoms with Crippen molar-refractivity contribution >= 4 is 27.3 Å². The number of piperidine rings is 1. The van der Waals surface area contributed by atoms with Crippen LogP contribution in [0.3, 0.4) is 0 Å². The standard InChI is InChI=1S/C24H28N4O4S/c1-17-7-9-18(10-8-17)20-16-23(32-26-20)24(29)25-21-15-19(11-12-22(21)27(2)3)33(30,31)28-13-5-4-6-14-28/h7-12,15-16H,4-6,13-14H2,1-3H3,(H,25,29). The van der Waals surface area contributed by atoms with Gasteiger partial charge in [0.2, 0.25) is 15.8 Å². The number of amides is 1. The van der Waals surface area contributed by atoms with E-state index in [1.54, 1.807) is 18.2 Å². The van der Waals surface area contributed by atoms with Gasteiger partial charge in [-0.15, -0.1) is 0 Å². The van der Waals surface area contributed by atoms with Crippen molar-refractivity contribution in [1.82, 2.24) is 9.46 Å². The lowest BCUT2D eigenvalue weighted by atomic mass is 10.1. The molecule has 0 aliphatic carbocycles. The van der Waals surface area contributed by atoms with Crippen LogP contribution in [0, 0.1) is 6.92 Å². The van der Waals surface area contributed by atoms with Crippen molar-refractivity contribution in [3.8, 4) is 11.3 Å². The smallest absolute Gasteiger partial charge is 0.294 e. The lowest BCUT2D eigenvalue weighted by molar-refractivity contribution is 0.0988. The molecule has 174 valence electrons. The summed E-state index contributed by atoms with van der Waals surface area (Å²) in [5.74, 6) is -0.462. The van der Waals surface area contributed by atoms with Gasteiger partial charge in [-0.25, -0.2) is 8.42 Å². The summed E-state index contributed by atoms with van der Waals surface area (Å²) in [5.41, 5.74) is 3.58. The van der Waals surface area contributed by atoms with Gasteiger partial charge in [0.05, 0.1) is 16.3 Å². The van der Waals surface area contributed by atoms with Gasteiger partial charge in [0.1, 0.15) is 5.69 Å². The third-order valence-corrected chi connectivity index (χ3v) is 7.63. The van der Waals surface area contributed by atoms with Crippen LogP contribution in [-0.2, 0) is 10.0 Å². The average Bonchev–Trinajstić information content (AvgIpc) is 3.30. The summed E-state index contributed by atoms with van der Waals surface area (Å²) in [6.45, 7) is 3.02. The Morgan fingerprint density at radius 2 is 1.73 bits per heavy atom. The van der Waals surface area contributed by atoms with Crippen LogP contribution in [-0.4, -0.2) is 51.0 Å². The molecule has 1 aliphatic rings. The zero-order valence-electron chi connectivity index (χ0n) is 19.0. The number of carbonyl (C=O) groups excluding carboxylic acids is 1. The van der Waals surface area contributed by atoms with E-state index in [2.05, 4.69) is 10.5 Å². The topological polar surface area (TPSA) is 95.8 Å². The summed E-state index contributed by atoms with van der Waals surface area (Å²) >= 11 is 0. The largest absolute Gasteiger partial charge is 0.376 e. The molecular formula is C24H28N4O4S. The Kier molecular flexibility index (Phi) is 6.53. The van der Waals surface area contributed by atoms with E-state index in [0.717, 1.165) is 30.4 Å². The van der Waals surface area contributed by atoms with Gasteiger partial charge in [0.15, 0.2) is 0 Å². The highest BCUT2D eigenvalue weighted by molar-refractivity contribution is 7.89. The maximum atomic E-state index is 13.1. The summed E-state index contributed by atoms with van der Waals surface area (Å²) in [6, 6.07) is 14.1. The molecule has 1 aliphatic heterocycles. The molecule has 0 unspecified atom stereocenters. The van der Waals surface area contributed by atoms with Crippen LogP contribution in [0.15, 0.2) is 57.9 Å². The number of carbonyl (C=O) groups is 1. The fourth-order valence-corrected chi connectivity index (χ4v) is 5.39. The van der Waals surface area contributed by atoms with Crippen LogP contribution >= 0.6 is 0 Å². The van der Waals surface area contributed by atoms with E-state index in [9.17, 15) is 13.2 Å². The number of hydrogen-bond donors (Lipinski definition) is 1. The van der Waals surface area contributed by atoms with Crippen LogP contribution in [0.25, 0.3) is 11.3 Å². The van der Waals surface area contributed by atoms with Gasteiger partial charge in [-0.1, -0.05) is 41.4 Å². The number of nitrogens with one attached hydrogen (secondary N) is 1. The number of anilines is 2. The Morgan fingerprint density at radius 1 is 1.03 bits per heavy atom. The molecule has 2 aromatic carbocycles. The summed E-state index contributed by atoms with van der Waals surface area (Å²) in [5, 5.41) is 6.81. The summed E-state index contributed by atoms with van der Waals surface area (Å²) in [4.78, 5) is 14.9. The minimum Gasteiger partial charge on any atom is -0.376 e. The van der Waals surface area contributed by atoms with E-state index in [1.165, 1.54) is 10.4 Å². The Hall–Kier alpha value is -3.17. The summed E-state index contributed by atoms with van der Waals surface area (Å²) in [7, 11) is 0.0191. The van der Waals surface area contributed by atoms with Crippen molar-refractivity contribution in [1.29, 1.82) is 0 Å². The molecule has 8 nitrogen and oxygen atoms in total. The average molecular weight is 469 g/mol. The minimum atomic E-state index is -3.64. The van der Waals surface area contributed by atoms with Gasteiger partial charge in [0.25, 0.3) is 5.91 Å².